The van der Waals surface area contributed by atoms with Gasteiger partial charge in [0, 0.05) is 5.56 Å². The first-order valence-corrected chi connectivity index (χ1v) is 4.20. The fraction of sp³-hybridized carbons (Fsp3) is 0.100. The summed E-state index contributed by atoms with van der Waals surface area (Å²) in [7, 11) is 0. The van der Waals surface area contributed by atoms with Gasteiger partial charge in [-0.1, -0.05) is 12.1 Å². The second-order valence-electron chi connectivity index (χ2n) is 2.90. The molecule has 4 heteroatoms. The van der Waals surface area contributed by atoms with Gasteiger partial charge in [-0.15, -0.1) is 0 Å². The Morgan fingerprint density at radius 3 is 2.79 bits per heavy atom. The Hall–Kier alpha value is -2.15. The molecule has 1 aromatic carbocycles. The van der Waals surface area contributed by atoms with E-state index >= 15 is 0 Å². The summed E-state index contributed by atoms with van der Waals surface area (Å²) in [6.45, 7) is 1.82. The van der Waals surface area contributed by atoms with Crippen LogP contribution in [0, 0.1) is 18.3 Å². The van der Waals surface area contributed by atoms with Crippen LogP contribution in [0.3, 0.4) is 0 Å². The van der Waals surface area contributed by atoms with Crippen LogP contribution in [0.25, 0.3) is 11.4 Å². The predicted octanol–water partition coefficient (Wildman–Crippen LogP) is 1.65. The number of aryl methyl sites for hydroxylation is 1. The summed E-state index contributed by atoms with van der Waals surface area (Å²) in [4.78, 5) is 4.17. The monoisotopic (exact) mass is 184 g/mol. The third-order valence-electron chi connectivity index (χ3n) is 1.89. The lowest BCUT2D eigenvalue weighted by Gasteiger charge is -1.96. The van der Waals surface area contributed by atoms with Gasteiger partial charge in [0.25, 0.3) is 0 Å². The first-order chi connectivity index (χ1) is 6.81. The van der Waals surface area contributed by atoms with E-state index in [1.807, 2.05) is 25.1 Å². The molecule has 0 radical (unpaired) electrons. The summed E-state index contributed by atoms with van der Waals surface area (Å²) in [6.07, 6.45) is 0. The molecule has 0 amide bonds. The summed E-state index contributed by atoms with van der Waals surface area (Å²) >= 11 is 0. The van der Waals surface area contributed by atoms with Gasteiger partial charge in [-0.05, 0) is 19.1 Å². The number of nitrogens with zero attached hydrogens (tertiary/aromatic N) is 3. The zero-order valence-corrected chi connectivity index (χ0v) is 7.65. The quantitative estimate of drug-likeness (QED) is 0.732. The van der Waals surface area contributed by atoms with Gasteiger partial charge in [-0.3, -0.25) is 5.10 Å². The fourth-order valence-electron chi connectivity index (χ4n) is 1.24. The molecule has 0 saturated heterocycles. The number of H-pyrrole nitrogens is 1. The molecule has 4 nitrogen and oxygen atoms in total. The van der Waals surface area contributed by atoms with Crippen LogP contribution in [0.1, 0.15) is 11.4 Å². The minimum Gasteiger partial charge on any atom is -0.263 e. The summed E-state index contributed by atoms with van der Waals surface area (Å²) in [5, 5.41) is 15.6. The Balaban J connectivity index is 2.57. The first kappa shape index (κ1) is 8.45. The minimum atomic E-state index is 0.569. The number of hydrogen-bond donors (Lipinski definition) is 1. The second-order valence-corrected chi connectivity index (χ2v) is 2.90. The van der Waals surface area contributed by atoms with Crippen LogP contribution in [-0.2, 0) is 0 Å². The minimum absolute atomic E-state index is 0.569. The molecule has 0 spiro atoms. The largest absolute Gasteiger partial charge is 0.263 e. The molecular formula is C10H8N4. The average molecular weight is 184 g/mol. The van der Waals surface area contributed by atoms with Crippen molar-refractivity contribution in [3.8, 4) is 17.5 Å². The normalized spacial score (nSPS) is 9.71. The van der Waals surface area contributed by atoms with Crippen molar-refractivity contribution in [3.05, 3.63) is 35.7 Å². The molecule has 68 valence electrons. The Kier molecular flexibility index (Phi) is 1.99. The van der Waals surface area contributed by atoms with Crippen molar-refractivity contribution in [2.75, 3.05) is 0 Å². The molecule has 2 aromatic rings. The summed E-state index contributed by atoms with van der Waals surface area (Å²) in [6, 6.07) is 9.38. The van der Waals surface area contributed by atoms with Gasteiger partial charge < -0.3 is 0 Å². The molecule has 0 bridgehead atoms. The Morgan fingerprint density at radius 1 is 1.36 bits per heavy atom. The lowest BCUT2D eigenvalue weighted by Crippen LogP contribution is -1.85. The van der Waals surface area contributed by atoms with E-state index in [2.05, 4.69) is 21.3 Å². The van der Waals surface area contributed by atoms with Gasteiger partial charge in [-0.25, -0.2) is 4.98 Å². The van der Waals surface area contributed by atoms with Crippen LogP contribution >= 0.6 is 0 Å². The van der Waals surface area contributed by atoms with Gasteiger partial charge in [0.05, 0.1) is 11.6 Å². The fourth-order valence-corrected chi connectivity index (χ4v) is 1.24. The summed E-state index contributed by atoms with van der Waals surface area (Å²) in [5.41, 5.74) is 1.35. The number of hydrogen-bond acceptors (Lipinski definition) is 3. The molecular weight excluding hydrogens is 176 g/mol. The first-order valence-electron chi connectivity index (χ1n) is 4.20. The highest BCUT2D eigenvalue weighted by Gasteiger charge is 2.07. The zero-order valence-electron chi connectivity index (χ0n) is 7.65. The topological polar surface area (TPSA) is 65.4 Å². The zero-order chi connectivity index (χ0) is 9.97. The standard InChI is InChI=1S/C10H8N4/c1-7-12-10(14-13-7)9-5-3-2-4-8(9)6-11/h2-5H,1H3,(H,12,13,14). The highest BCUT2D eigenvalue weighted by molar-refractivity contribution is 5.63. The van der Waals surface area contributed by atoms with Gasteiger partial charge in [0.1, 0.15) is 5.82 Å². The second kappa shape index (κ2) is 3.30. The van der Waals surface area contributed by atoms with Crippen molar-refractivity contribution in [3.63, 3.8) is 0 Å². The molecule has 0 saturated carbocycles. The van der Waals surface area contributed by atoms with Gasteiger partial charge in [-0.2, -0.15) is 10.4 Å². The molecule has 2 rings (SSSR count). The van der Waals surface area contributed by atoms with Crippen molar-refractivity contribution in [2.45, 2.75) is 6.92 Å². The van der Waals surface area contributed by atoms with Crippen LogP contribution in [0.15, 0.2) is 24.3 Å². The van der Waals surface area contributed by atoms with Crippen molar-refractivity contribution in [2.24, 2.45) is 0 Å². The SMILES string of the molecule is Cc1nc(-c2ccccc2C#N)n[nH]1. The van der Waals surface area contributed by atoms with Crippen LogP contribution in [-0.4, -0.2) is 15.2 Å². The van der Waals surface area contributed by atoms with Crippen molar-refractivity contribution in [1.82, 2.24) is 15.2 Å². The molecule has 0 aliphatic heterocycles. The number of aromatic nitrogens is 3. The van der Waals surface area contributed by atoms with E-state index in [0.717, 1.165) is 11.4 Å². The van der Waals surface area contributed by atoms with E-state index in [0.29, 0.717) is 11.4 Å². The van der Waals surface area contributed by atoms with Gasteiger partial charge in [0.2, 0.25) is 0 Å². The molecule has 0 fully saturated rings. The smallest absolute Gasteiger partial charge is 0.182 e. The van der Waals surface area contributed by atoms with Crippen LogP contribution in [0.4, 0.5) is 0 Å². The van der Waals surface area contributed by atoms with E-state index in [1.165, 1.54) is 0 Å². The molecule has 1 N–H and O–H groups in total. The van der Waals surface area contributed by atoms with E-state index < -0.39 is 0 Å². The van der Waals surface area contributed by atoms with Crippen LogP contribution in [0.2, 0.25) is 0 Å². The highest BCUT2D eigenvalue weighted by Crippen LogP contribution is 2.18. The molecule has 1 heterocycles. The van der Waals surface area contributed by atoms with Crippen molar-refractivity contribution >= 4 is 0 Å². The maximum Gasteiger partial charge on any atom is 0.182 e. The third-order valence-corrected chi connectivity index (χ3v) is 1.89. The third kappa shape index (κ3) is 1.36. The van der Waals surface area contributed by atoms with Crippen LogP contribution < -0.4 is 0 Å². The number of benzene rings is 1. The Bertz CT molecular complexity index is 493. The summed E-state index contributed by atoms with van der Waals surface area (Å²) in [5.74, 6) is 1.31. The van der Waals surface area contributed by atoms with Crippen molar-refractivity contribution < 1.29 is 0 Å². The molecule has 1 aromatic heterocycles. The predicted molar refractivity (Wildman–Crippen MR) is 51.3 cm³/mol. The molecule has 0 aliphatic rings. The Labute approximate surface area is 81.2 Å². The van der Waals surface area contributed by atoms with E-state index in [1.54, 1.807) is 6.07 Å². The maximum absolute atomic E-state index is 8.87. The molecule has 0 atom stereocenters. The van der Waals surface area contributed by atoms with Crippen molar-refractivity contribution in [1.29, 1.82) is 5.26 Å². The summed E-state index contributed by atoms with van der Waals surface area (Å²) < 4.78 is 0. The van der Waals surface area contributed by atoms with Crippen LogP contribution in [0.5, 0.6) is 0 Å². The highest BCUT2D eigenvalue weighted by atomic mass is 15.2. The van der Waals surface area contributed by atoms with E-state index in [-0.39, 0.29) is 0 Å². The number of aromatic amines is 1. The maximum atomic E-state index is 8.87. The lowest BCUT2D eigenvalue weighted by molar-refractivity contribution is 1.04. The molecule has 14 heavy (non-hydrogen) atoms. The average Bonchev–Trinajstić information content (AvgIpc) is 2.65. The lowest BCUT2D eigenvalue weighted by atomic mass is 10.1. The van der Waals surface area contributed by atoms with E-state index in [9.17, 15) is 0 Å². The Morgan fingerprint density at radius 2 is 2.14 bits per heavy atom. The number of nitrogens with one attached hydrogen (secondary N) is 1. The number of nitriles is 1. The molecule has 0 aliphatic carbocycles. The van der Waals surface area contributed by atoms with Gasteiger partial charge in [0.15, 0.2) is 5.82 Å². The van der Waals surface area contributed by atoms with Gasteiger partial charge >= 0.3 is 0 Å². The number of rotatable bonds is 1. The van der Waals surface area contributed by atoms with E-state index in [4.69, 9.17) is 5.26 Å². The molecule has 0 unspecified atom stereocenters.